The third-order valence-electron chi connectivity index (χ3n) is 7.53. The Kier molecular flexibility index (Phi) is 5.49. The third-order valence-corrected chi connectivity index (χ3v) is 7.53. The summed E-state index contributed by atoms with van der Waals surface area (Å²) in [7, 11) is 0. The van der Waals surface area contributed by atoms with Gasteiger partial charge in [0.15, 0.2) is 0 Å². The molecule has 158 valence electrons. The Morgan fingerprint density at radius 2 is 1.30 bits per heavy atom. The Labute approximate surface area is 179 Å². The summed E-state index contributed by atoms with van der Waals surface area (Å²) in [6.07, 6.45) is 10.7. The normalized spacial score (nSPS) is 24.5. The number of likely N-dealkylation sites (tertiary alicyclic amines) is 2. The molecule has 2 aromatic rings. The minimum atomic E-state index is 0.107. The molecule has 2 aromatic carbocycles. The Balaban J connectivity index is 1.49. The van der Waals surface area contributed by atoms with Crippen LogP contribution in [0.3, 0.4) is 0 Å². The lowest BCUT2D eigenvalue weighted by molar-refractivity contribution is 0.0392. The lowest BCUT2D eigenvalue weighted by atomic mass is 9.78. The number of fused-ring (bicyclic) bond motifs is 2. The summed E-state index contributed by atoms with van der Waals surface area (Å²) in [5.41, 5.74) is 1.49. The highest BCUT2D eigenvalue weighted by Gasteiger charge is 2.36. The first-order chi connectivity index (χ1) is 14.7. The van der Waals surface area contributed by atoms with Crippen molar-refractivity contribution in [3.8, 4) is 0 Å². The van der Waals surface area contributed by atoms with Crippen LogP contribution in [-0.2, 0) is 0 Å². The predicted octanol–water partition coefficient (Wildman–Crippen LogP) is 5.26. The van der Waals surface area contributed by atoms with Gasteiger partial charge in [0.1, 0.15) is 0 Å². The summed E-state index contributed by atoms with van der Waals surface area (Å²) >= 11 is 0. The zero-order valence-electron chi connectivity index (χ0n) is 17.8. The summed E-state index contributed by atoms with van der Waals surface area (Å²) in [6.45, 7) is 2.54. The Hall–Kier alpha value is -2.36. The van der Waals surface area contributed by atoms with E-state index < -0.39 is 0 Å². The number of carbonyl (C=O) groups excluding carboxylic acids is 2. The number of piperidine rings is 2. The molecule has 0 spiro atoms. The second-order valence-electron chi connectivity index (χ2n) is 9.31. The van der Waals surface area contributed by atoms with Crippen molar-refractivity contribution < 1.29 is 9.59 Å². The van der Waals surface area contributed by atoms with Crippen LogP contribution in [-0.4, -0.2) is 47.3 Å². The van der Waals surface area contributed by atoms with E-state index in [2.05, 4.69) is 4.90 Å². The second kappa shape index (κ2) is 8.41. The lowest BCUT2D eigenvalue weighted by Gasteiger charge is -2.44. The topological polar surface area (TPSA) is 40.6 Å². The number of hydrogen-bond acceptors (Lipinski definition) is 2. The van der Waals surface area contributed by atoms with E-state index >= 15 is 0 Å². The van der Waals surface area contributed by atoms with Gasteiger partial charge in [-0.25, -0.2) is 0 Å². The average molecular weight is 405 g/mol. The molecular weight excluding hydrogens is 372 g/mol. The molecule has 3 fully saturated rings. The van der Waals surface area contributed by atoms with Crippen LogP contribution in [0.1, 0.15) is 78.5 Å². The highest BCUT2D eigenvalue weighted by molar-refractivity contribution is 6.14. The molecule has 0 radical (unpaired) electrons. The smallest absolute Gasteiger partial charge is 0.254 e. The maximum Gasteiger partial charge on any atom is 0.254 e. The maximum atomic E-state index is 13.7. The molecule has 5 rings (SSSR count). The molecular formula is C26H32N2O2. The van der Waals surface area contributed by atoms with Crippen LogP contribution in [0, 0.1) is 5.92 Å². The van der Waals surface area contributed by atoms with Gasteiger partial charge in [-0.1, -0.05) is 37.1 Å². The first-order valence-electron chi connectivity index (χ1n) is 11.9. The van der Waals surface area contributed by atoms with Crippen molar-refractivity contribution in [1.29, 1.82) is 0 Å². The molecule has 2 saturated heterocycles. The fourth-order valence-corrected chi connectivity index (χ4v) is 5.97. The van der Waals surface area contributed by atoms with E-state index in [0.29, 0.717) is 12.0 Å². The van der Waals surface area contributed by atoms with Gasteiger partial charge in [-0.15, -0.1) is 0 Å². The summed E-state index contributed by atoms with van der Waals surface area (Å²) in [5.74, 6) is 0.928. The van der Waals surface area contributed by atoms with Gasteiger partial charge in [-0.2, -0.15) is 0 Å². The Morgan fingerprint density at radius 1 is 0.667 bits per heavy atom. The molecule has 2 amide bonds. The SMILES string of the molecule is O=C(c1ccc(C(=O)N2CCC[C@@H]3CCCC[C@@H]32)c2ccccc12)N1CCCCC1. The first kappa shape index (κ1) is 19.6. The molecule has 3 aliphatic rings. The van der Waals surface area contributed by atoms with Crippen molar-refractivity contribution in [2.24, 2.45) is 5.92 Å². The van der Waals surface area contributed by atoms with E-state index in [1.54, 1.807) is 0 Å². The zero-order chi connectivity index (χ0) is 20.5. The third kappa shape index (κ3) is 3.51. The van der Waals surface area contributed by atoms with Crippen molar-refractivity contribution >= 4 is 22.6 Å². The number of benzene rings is 2. The summed E-state index contributed by atoms with van der Waals surface area (Å²) in [6, 6.07) is 12.2. The first-order valence-corrected chi connectivity index (χ1v) is 11.9. The standard InChI is InChI=1S/C26H32N2O2/c29-25(27-16-6-1-7-17-27)22-14-15-23(21-12-4-3-11-20(21)22)26(30)28-18-8-10-19-9-2-5-13-24(19)28/h3-4,11-12,14-15,19,24H,1-2,5-10,13,16-18H2/t19-,24-/m0/s1. The van der Waals surface area contributed by atoms with Crippen molar-refractivity contribution in [2.75, 3.05) is 19.6 Å². The van der Waals surface area contributed by atoms with Gasteiger partial charge < -0.3 is 9.80 Å². The van der Waals surface area contributed by atoms with Gasteiger partial charge in [-0.3, -0.25) is 9.59 Å². The molecule has 0 N–H and O–H groups in total. The molecule has 4 nitrogen and oxygen atoms in total. The fraction of sp³-hybridized carbons (Fsp3) is 0.538. The van der Waals surface area contributed by atoms with Gasteiger partial charge in [0.05, 0.1) is 0 Å². The number of carbonyl (C=O) groups is 2. The minimum absolute atomic E-state index is 0.107. The van der Waals surface area contributed by atoms with Crippen LogP contribution in [0.5, 0.6) is 0 Å². The second-order valence-corrected chi connectivity index (χ2v) is 9.31. The number of nitrogens with zero attached hydrogens (tertiary/aromatic N) is 2. The largest absolute Gasteiger partial charge is 0.339 e. The monoisotopic (exact) mass is 404 g/mol. The highest BCUT2D eigenvalue weighted by Crippen LogP contribution is 2.37. The van der Waals surface area contributed by atoms with Crippen molar-refractivity contribution in [3.05, 3.63) is 47.5 Å². The van der Waals surface area contributed by atoms with Gasteiger partial charge in [0.25, 0.3) is 11.8 Å². The molecule has 2 atom stereocenters. The van der Waals surface area contributed by atoms with E-state index in [0.717, 1.165) is 67.2 Å². The molecule has 1 saturated carbocycles. The van der Waals surface area contributed by atoms with Crippen molar-refractivity contribution in [2.45, 2.75) is 63.8 Å². The fourth-order valence-electron chi connectivity index (χ4n) is 5.97. The van der Waals surface area contributed by atoms with Crippen LogP contribution in [0.25, 0.3) is 10.8 Å². The van der Waals surface area contributed by atoms with Crippen LogP contribution in [0.15, 0.2) is 36.4 Å². The molecule has 4 heteroatoms. The summed E-state index contributed by atoms with van der Waals surface area (Å²) < 4.78 is 0. The van der Waals surface area contributed by atoms with Gasteiger partial charge in [-0.05, 0) is 73.8 Å². The van der Waals surface area contributed by atoms with Crippen LogP contribution >= 0.6 is 0 Å². The quantitative estimate of drug-likeness (QED) is 0.685. The van der Waals surface area contributed by atoms with Crippen molar-refractivity contribution in [1.82, 2.24) is 9.80 Å². The molecule has 2 aliphatic heterocycles. The molecule has 2 heterocycles. The summed E-state index contributed by atoms with van der Waals surface area (Å²) in [4.78, 5) is 31.0. The molecule has 0 aromatic heterocycles. The number of amides is 2. The zero-order valence-corrected chi connectivity index (χ0v) is 17.8. The van der Waals surface area contributed by atoms with E-state index in [4.69, 9.17) is 0 Å². The highest BCUT2D eigenvalue weighted by atomic mass is 16.2. The molecule has 30 heavy (non-hydrogen) atoms. The Bertz CT molecular complexity index is 945. The van der Waals surface area contributed by atoms with Gasteiger partial charge in [0.2, 0.25) is 0 Å². The van der Waals surface area contributed by atoms with Crippen LogP contribution in [0.4, 0.5) is 0 Å². The number of rotatable bonds is 2. The van der Waals surface area contributed by atoms with Gasteiger partial charge >= 0.3 is 0 Å². The van der Waals surface area contributed by atoms with E-state index in [-0.39, 0.29) is 11.8 Å². The van der Waals surface area contributed by atoms with Gasteiger partial charge in [0, 0.05) is 36.8 Å². The minimum Gasteiger partial charge on any atom is -0.339 e. The van der Waals surface area contributed by atoms with E-state index in [1.807, 2.05) is 41.3 Å². The van der Waals surface area contributed by atoms with Crippen molar-refractivity contribution in [3.63, 3.8) is 0 Å². The lowest BCUT2D eigenvalue weighted by Crippen LogP contribution is -2.49. The van der Waals surface area contributed by atoms with E-state index in [1.165, 1.54) is 32.1 Å². The summed E-state index contributed by atoms with van der Waals surface area (Å²) in [5, 5.41) is 1.83. The Morgan fingerprint density at radius 3 is 2.03 bits per heavy atom. The molecule has 1 aliphatic carbocycles. The predicted molar refractivity (Wildman–Crippen MR) is 120 cm³/mol. The van der Waals surface area contributed by atoms with Crippen LogP contribution in [0.2, 0.25) is 0 Å². The number of hydrogen-bond donors (Lipinski definition) is 0. The van der Waals surface area contributed by atoms with Crippen LogP contribution < -0.4 is 0 Å². The molecule has 0 unspecified atom stereocenters. The average Bonchev–Trinajstić information content (AvgIpc) is 2.82. The van der Waals surface area contributed by atoms with E-state index in [9.17, 15) is 9.59 Å². The molecule has 0 bridgehead atoms. The maximum absolute atomic E-state index is 13.7.